The molecule has 3 aromatic rings. The molecule has 0 aliphatic carbocycles. The SMILES string of the molecule is Fc1cc(CNc2cc(C(F)(F)F)nc3ncnn23)ccc1N1CCNCC1. The number of nitrogens with one attached hydrogen (secondary N) is 2. The Kier molecular flexibility index (Phi) is 4.75. The average Bonchev–Trinajstić information content (AvgIpc) is 3.15. The molecule has 148 valence electrons. The summed E-state index contributed by atoms with van der Waals surface area (Å²) in [4.78, 5) is 9.13. The average molecular weight is 395 g/mol. The van der Waals surface area contributed by atoms with Crippen LogP contribution in [-0.2, 0) is 12.7 Å². The van der Waals surface area contributed by atoms with Crippen molar-refractivity contribution < 1.29 is 17.6 Å². The first-order chi connectivity index (χ1) is 13.4. The normalized spacial score (nSPS) is 15.2. The molecule has 0 unspecified atom stereocenters. The van der Waals surface area contributed by atoms with Crippen LogP contribution < -0.4 is 15.5 Å². The van der Waals surface area contributed by atoms with E-state index in [1.54, 1.807) is 12.1 Å². The minimum atomic E-state index is -4.61. The molecular formula is C17H17F4N7. The molecule has 2 N–H and O–H groups in total. The van der Waals surface area contributed by atoms with Crippen LogP contribution in [0.5, 0.6) is 0 Å². The van der Waals surface area contributed by atoms with Crippen LogP contribution in [0.4, 0.5) is 29.1 Å². The summed E-state index contributed by atoms with van der Waals surface area (Å²) in [6.07, 6.45) is -3.49. The number of hydrogen-bond acceptors (Lipinski definition) is 6. The van der Waals surface area contributed by atoms with Crippen LogP contribution in [0.15, 0.2) is 30.6 Å². The van der Waals surface area contributed by atoms with Gasteiger partial charge in [0.15, 0.2) is 5.69 Å². The van der Waals surface area contributed by atoms with Crippen molar-refractivity contribution in [1.29, 1.82) is 0 Å². The Morgan fingerprint density at radius 1 is 1.14 bits per heavy atom. The first-order valence-corrected chi connectivity index (χ1v) is 8.68. The minimum Gasteiger partial charge on any atom is -0.367 e. The van der Waals surface area contributed by atoms with Crippen molar-refractivity contribution >= 4 is 17.3 Å². The highest BCUT2D eigenvalue weighted by atomic mass is 19.4. The van der Waals surface area contributed by atoms with E-state index in [4.69, 9.17) is 0 Å². The molecular weight excluding hydrogens is 378 g/mol. The number of anilines is 2. The Morgan fingerprint density at radius 2 is 1.93 bits per heavy atom. The number of piperazine rings is 1. The number of benzene rings is 1. The molecule has 1 saturated heterocycles. The Morgan fingerprint density at radius 3 is 2.64 bits per heavy atom. The largest absolute Gasteiger partial charge is 0.433 e. The van der Waals surface area contributed by atoms with Crippen molar-refractivity contribution in [2.75, 3.05) is 36.4 Å². The summed E-state index contributed by atoms with van der Waals surface area (Å²) in [5.41, 5.74) is 0.0398. The summed E-state index contributed by atoms with van der Waals surface area (Å²) in [6.45, 7) is 3.14. The van der Waals surface area contributed by atoms with Crippen LogP contribution >= 0.6 is 0 Å². The molecule has 3 heterocycles. The van der Waals surface area contributed by atoms with Crippen LogP contribution in [0.3, 0.4) is 0 Å². The fourth-order valence-corrected chi connectivity index (χ4v) is 3.10. The molecule has 1 aliphatic rings. The zero-order chi connectivity index (χ0) is 19.7. The van der Waals surface area contributed by atoms with Crippen molar-refractivity contribution in [3.05, 3.63) is 47.7 Å². The van der Waals surface area contributed by atoms with Gasteiger partial charge >= 0.3 is 6.18 Å². The third-order valence-electron chi connectivity index (χ3n) is 4.49. The quantitative estimate of drug-likeness (QED) is 0.661. The second-order valence-corrected chi connectivity index (χ2v) is 6.37. The van der Waals surface area contributed by atoms with Gasteiger partial charge in [0.25, 0.3) is 5.78 Å². The van der Waals surface area contributed by atoms with E-state index in [1.807, 2.05) is 4.90 Å². The maximum absolute atomic E-state index is 14.5. The van der Waals surface area contributed by atoms with Crippen molar-refractivity contribution in [3.63, 3.8) is 0 Å². The van der Waals surface area contributed by atoms with Gasteiger partial charge in [-0.05, 0) is 17.7 Å². The number of rotatable bonds is 4. The highest BCUT2D eigenvalue weighted by molar-refractivity contribution is 5.51. The van der Waals surface area contributed by atoms with Gasteiger partial charge in [0.1, 0.15) is 18.0 Å². The molecule has 0 bridgehead atoms. The van der Waals surface area contributed by atoms with E-state index in [9.17, 15) is 17.6 Å². The third-order valence-corrected chi connectivity index (χ3v) is 4.49. The maximum atomic E-state index is 14.5. The smallest absolute Gasteiger partial charge is 0.367 e. The van der Waals surface area contributed by atoms with Crippen LogP contribution in [-0.4, -0.2) is 45.8 Å². The van der Waals surface area contributed by atoms with Crippen LogP contribution in [0.2, 0.25) is 0 Å². The lowest BCUT2D eigenvalue weighted by molar-refractivity contribution is -0.141. The van der Waals surface area contributed by atoms with Gasteiger partial charge in [-0.2, -0.15) is 27.8 Å². The van der Waals surface area contributed by atoms with Gasteiger partial charge in [-0.15, -0.1) is 0 Å². The Balaban J connectivity index is 1.54. The lowest BCUT2D eigenvalue weighted by Crippen LogP contribution is -2.43. The molecule has 11 heteroatoms. The zero-order valence-corrected chi connectivity index (χ0v) is 14.7. The highest BCUT2D eigenvalue weighted by Crippen LogP contribution is 2.29. The van der Waals surface area contributed by atoms with Gasteiger partial charge in [-0.1, -0.05) is 6.07 Å². The molecule has 1 aromatic carbocycles. The van der Waals surface area contributed by atoms with Gasteiger partial charge in [0, 0.05) is 38.8 Å². The summed E-state index contributed by atoms with van der Waals surface area (Å²) in [6, 6.07) is 5.68. The molecule has 0 amide bonds. The lowest BCUT2D eigenvalue weighted by atomic mass is 10.1. The Labute approximate surface area is 157 Å². The lowest BCUT2D eigenvalue weighted by Gasteiger charge is -2.29. The maximum Gasteiger partial charge on any atom is 0.433 e. The first-order valence-electron chi connectivity index (χ1n) is 8.68. The van der Waals surface area contributed by atoms with Crippen LogP contribution in [0, 0.1) is 5.82 Å². The summed E-state index contributed by atoms with van der Waals surface area (Å²) in [5, 5.41) is 9.94. The molecule has 2 aromatic heterocycles. The number of hydrogen-bond donors (Lipinski definition) is 2. The number of halogens is 4. The number of fused-ring (bicyclic) bond motifs is 1. The molecule has 4 rings (SSSR count). The van der Waals surface area contributed by atoms with Gasteiger partial charge in [0.05, 0.1) is 5.69 Å². The van der Waals surface area contributed by atoms with Gasteiger partial charge in [-0.3, -0.25) is 0 Å². The molecule has 0 saturated carbocycles. The molecule has 1 aliphatic heterocycles. The fraction of sp³-hybridized carbons (Fsp3) is 0.353. The fourth-order valence-electron chi connectivity index (χ4n) is 3.10. The van der Waals surface area contributed by atoms with E-state index in [1.165, 1.54) is 10.6 Å². The minimum absolute atomic E-state index is 0.0708. The number of alkyl halides is 3. The third kappa shape index (κ3) is 3.70. The van der Waals surface area contributed by atoms with Crippen LogP contribution in [0.1, 0.15) is 11.3 Å². The molecule has 7 nitrogen and oxygen atoms in total. The summed E-state index contributed by atoms with van der Waals surface area (Å²) >= 11 is 0. The molecule has 28 heavy (non-hydrogen) atoms. The van der Waals surface area contributed by atoms with E-state index < -0.39 is 11.9 Å². The molecule has 0 radical (unpaired) electrons. The van der Waals surface area contributed by atoms with Gasteiger partial charge in [-0.25, -0.2) is 9.37 Å². The predicted octanol–water partition coefficient (Wildman–Crippen LogP) is 2.30. The second kappa shape index (κ2) is 7.23. The molecule has 0 spiro atoms. The summed E-state index contributed by atoms with van der Waals surface area (Å²) in [5.74, 6) is -0.461. The van der Waals surface area contributed by atoms with E-state index in [2.05, 4.69) is 25.7 Å². The number of aromatic nitrogens is 4. The monoisotopic (exact) mass is 395 g/mol. The van der Waals surface area contributed by atoms with Crippen molar-refractivity contribution in [1.82, 2.24) is 24.9 Å². The predicted molar refractivity (Wildman–Crippen MR) is 94.6 cm³/mol. The zero-order valence-electron chi connectivity index (χ0n) is 14.7. The van der Waals surface area contributed by atoms with Crippen LogP contribution in [0.25, 0.3) is 5.78 Å². The second-order valence-electron chi connectivity index (χ2n) is 6.37. The molecule has 0 atom stereocenters. The standard InChI is InChI=1S/C17H17F4N7/c18-12-7-11(1-2-13(12)27-5-3-22-4-6-27)9-23-15-8-14(17(19,20)21)26-16-24-10-25-28(15)16/h1-2,7-8,10,22-23H,3-6,9H2. The Bertz CT molecular complexity index is 979. The number of nitrogens with zero attached hydrogens (tertiary/aromatic N) is 5. The topological polar surface area (TPSA) is 70.4 Å². The summed E-state index contributed by atoms with van der Waals surface area (Å²) < 4.78 is 54.8. The summed E-state index contributed by atoms with van der Waals surface area (Å²) in [7, 11) is 0. The first kappa shape index (κ1) is 18.4. The van der Waals surface area contributed by atoms with Crippen molar-refractivity contribution in [2.24, 2.45) is 0 Å². The van der Waals surface area contributed by atoms with Gasteiger partial charge < -0.3 is 15.5 Å². The van der Waals surface area contributed by atoms with Gasteiger partial charge in [0.2, 0.25) is 0 Å². The molecule has 1 fully saturated rings. The Hall–Kier alpha value is -2.95. The van der Waals surface area contributed by atoms with E-state index in [-0.39, 0.29) is 24.0 Å². The van der Waals surface area contributed by atoms with E-state index in [0.29, 0.717) is 11.3 Å². The van der Waals surface area contributed by atoms with Crippen molar-refractivity contribution in [3.8, 4) is 0 Å². The highest BCUT2D eigenvalue weighted by Gasteiger charge is 2.34. The van der Waals surface area contributed by atoms with E-state index in [0.717, 1.165) is 38.6 Å². The van der Waals surface area contributed by atoms with E-state index >= 15 is 0 Å². The van der Waals surface area contributed by atoms with Crippen molar-refractivity contribution in [2.45, 2.75) is 12.7 Å².